The van der Waals surface area contributed by atoms with Crippen molar-refractivity contribution < 1.29 is 19.4 Å². The predicted octanol–water partition coefficient (Wildman–Crippen LogP) is 4.47. The van der Waals surface area contributed by atoms with Gasteiger partial charge in [0, 0.05) is 12.0 Å². The minimum absolute atomic E-state index is 0.0827. The Bertz CT molecular complexity index is 771. The van der Waals surface area contributed by atoms with Crippen LogP contribution in [-0.2, 0) is 14.3 Å². The molecule has 0 aromatic heterocycles. The normalized spacial score (nSPS) is 39.3. The number of aliphatic hydroxyl groups excluding tert-OH is 1. The fraction of sp³-hybridized carbons (Fsp3) is 0.625. The van der Waals surface area contributed by atoms with Gasteiger partial charge in [-0.1, -0.05) is 45.1 Å². The molecule has 4 nitrogen and oxygen atoms in total. The second-order valence-corrected chi connectivity index (χ2v) is 9.72. The van der Waals surface area contributed by atoms with Crippen molar-refractivity contribution in [2.45, 2.75) is 65.1 Å². The van der Waals surface area contributed by atoms with E-state index in [1.54, 1.807) is 0 Å². The highest BCUT2D eigenvalue weighted by atomic mass is 16.5. The molecule has 5 atom stereocenters. The van der Waals surface area contributed by atoms with Crippen molar-refractivity contribution in [2.24, 2.45) is 22.7 Å². The van der Waals surface area contributed by atoms with Crippen LogP contribution in [0.1, 0.15) is 52.9 Å². The highest BCUT2D eigenvalue weighted by Crippen LogP contribution is 2.60. The Hall–Kier alpha value is -1.81. The Labute approximate surface area is 168 Å². The van der Waals surface area contributed by atoms with Crippen LogP contribution in [0, 0.1) is 22.7 Å². The molecule has 4 heteroatoms. The molecule has 152 valence electrons. The Balaban J connectivity index is 1.50. The number of allylic oxidation sites excluding steroid dienone is 1. The van der Waals surface area contributed by atoms with E-state index in [-0.39, 0.29) is 34.9 Å². The van der Waals surface area contributed by atoms with Crippen molar-refractivity contribution in [3.8, 4) is 0 Å². The quantitative estimate of drug-likeness (QED) is 0.576. The van der Waals surface area contributed by atoms with Crippen LogP contribution in [0.5, 0.6) is 0 Å². The fourth-order valence-corrected chi connectivity index (χ4v) is 6.00. The Morgan fingerprint density at radius 3 is 2.86 bits per heavy atom. The van der Waals surface area contributed by atoms with Crippen LogP contribution < -0.4 is 0 Å². The monoisotopic (exact) mass is 384 g/mol. The smallest absolute Gasteiger partial charge is 0.310 e. The third-order valence-electron chi connectivity index (χ3n) is 7.82. The lowest BCUT2D eigenvalue weighted by atomic mass is 9.47. The van der Waals surface area contributed by atoms with E-state index < -0.39 is 0 Å². The van der Waals surface area contributed by atoms with E-state index in [0.717, 1.165) is 37.0 Å². The molecule has 2 saturated carbocycles. The van der Waals surface area contributed by atoms with Gasteiger partial charge in [-0.25, -0.2) is 0 Å². The first-order chi connectivity index (χ1) is 13.2. The van der Waals surface area contributed by atoms with Gasteiger partial charge in [-0.15, -0.1) is 0 Å². The summed E-state index contributed by atoms with van der Waals surface area (Å²) in [6.07, 6.45) is 11.4. The first kappa shape index (κ1) is 19.5. The zero-order chi connectivity index (χ0) is 20.1. The summed E-state index contributed by atoms with van der Waals surface area (Å²) in [4.78, 5) is 11.6. The summed E-state index contributed by atoms with van der Waals surface area (Å²) in [6.45, 7) is 11.7. The predicted molar refractivity (Wildman–Crippen MR) is 108 cm³/mol. The third kappa shape index (κ3) is 3.16. The summed E-state index contributed by atoms with van der Waals surface area (Å²) < 4.78 is 11.6. The van der Waals surface area contributed by atoms with Gasteiger partial charge in [0.1, 0.15) is 11.9 Å². The van der Waals surface area contributed by atoms with E-state index >= 15 is 0 Å². The molecule has 1 aliphatic heterocycles. The number of ether oxygens (including phenoxy) is 2. The fourth-order valence-electron chi connectivity index (χ4n) is 6.00. The maximum Gasteiger partial charge on any atom is 0.310 e. The Kier molecular flexibility index (Phi) is 4.81. The standard InChI is InChI=1S/C24H32O4/c1-15-5-9-20-23(2,3)21(25)11-12-24(20,4)18(15)14-27-17-8-6-16-7-10-22(26)28-19(16)13-17/h6-8,13,18-21,25H,1,5,9-12,14H2,2-4H3. The molecular weight excluding hydrogens is 352 g/mol. The summed E-state index contributed by atoms with van der Waals surface area (Å²) in [6, 6.07) is 0. The number of rotatable bonds is 3. The molecule has 0 saturated heterocycles. The molecule has 4 aliphatic rings. The summed E-state index contributed by atoms with van der Waals surface area (Å²) in [7, 11) is 0. The lowest BCUT2D eigenvalue weighted by molar-refractivity contribution is -0.145. The molecule has 5 unspecified atom stereocenters. The van der Waals surface area contributed by atoms with Gasteiger partial charge >= 0.3 is 5.97 Å². The highest BCUT2D eigenvalue weighted by Gasteiger charge is 2.56. The second-order valence-electron chi connectivity index (χ2n) is 9.72. The zero-order valence-electron chi connectivity index (χ0n) is 17.2. The molecule has 1 N–H and O–H groups in total. The molecule has 0 aromatic rings. The summed E-state index contributed by atoms with van der Waals surface area (Å²) in [5, 5.41) is 10.6. The Morgan fingerprint density at radius 1 is 1.29 bits per heavy atom. The number of carbonyl (C=O) groups excluding carboxylic acids is 1. The maximum atomic E-state index is 11.6. The minimum atomic E-state index is -0.331. The molecule has 1 heterocycles. The molecule has 0 aromatic carbocycles. The number of aliphatic hydroxyl groups is 1. The molecule has 28 heavy (non-hydrogen) atoms. The molecular formula is C24H32O4. The molecule has 3 aliphatic carbocycles. The van der Waals surface area contributed by atoms with Gasteiger partial charge in [0.15, 0.2) is 0 Å². The average Bonchev–Trinajstić information content (AvgIpc) is 2.64. The van der Waals surface area contributed by atoms with Crippen LogP contribution in [0.4, 0.5) is 0 Å². The largest absolute Gasteiger partial charge is 0.493 e. The van der Waals surface area contributed by atoms with Crippen molar-refractivity contribution in [2.75, 3.05) is 6.61 Å². The molecule has 4 rings (SSSR count). The van der Waals surface area contributed by atoms with Crippen molar-refractivity contribution in [1.29, 1.82) is 0 Å². The van der Waals surface area contributed by atoms with Gasteiger partial charge in [0.25, 0.3) is 0 Å². The van der Waals surface area contributed by atoms with Gasteiger partial charge in [0.05, 0.1) is 19.1 Å². The molecule has 0 bridgehead atoms. The Morgan fingerprint density at radius 2 is 2.07 bits per heavy atom. The van der Waals surface area contributed by atoms with Crippen molar-refractivity contribution in [3.63, 3.8) is 0 Å². The molecule has 0 spiro atoms. The molecule has 0 amide bonds. The van der Waals surface area contributed by atoms with Gasteiger partial charge < -0.3 is 14.6 Å². The SMILES string of the molecule is C=C1CCC2C(C)(C)C(O)CCC2(C)C1COC1=CC2OC(=O)CC=C2C=C1. The number of hydrogen-bond donors (Lipinski definition) is 1. The van der Waals surface area contributed by atoms with Gasteiger partial charge in [-0.2, -0.15) is 0 Å². The van der Waals surface area contributed by atoms with Crippen LogP contribution in [-0.4, -0.2) is 29.9 Å². The number of carbonyl (C=O) groups is 1. The van der Waals surface area contributed by atoms with Crippen LogP contribution in [0.3, 0.4) is 0 Å². The first-order valence-corrected chi connectivity index (χ1v) is 10.5. The molecule has 2 fully saturated rings. The van der Waals surface area contributed by atoms with Crippen LogP contribution in [0.15, 0.2) is 47.8 Å². The lowest BCUT2D eigenvalue weighted by Gasteiger charge is -2.59. The summed E-state index contributed by atoms with van der Waals surface area (Å²) >= 11 is 0. The van der Waals surface area contributed by atoms with E-state index in [1.165, 1.54) is 5.57 Å². The number of esters is 1. The third-order valence-corrected chi connectivity index (χ3v) is 7.82. The highest BCUT2D eigenvalue weighted by molar-refractivity contribution is 5.74. The topological polar surface area (TPSA) is 55.8 Å². The zero-order valence-corrected chi connectivity index (χ0v) is 17.2. The van der Waals surface area contributed by atoms with Crippen LogP contribution >= 0.6 is 0 Å². The average molecular weight is 385 g/mol. The lowest BCUT2D eigenvalue weighted by Crippen LogP contribution is -2.55. The van der Waals surface area contributed by atoms with E-state index in [2.05, 4.69) is 27.4 Å². The summed E-state index contributed by atoms with van der Waals surface area (Å²) in [5.74, 6) is 1.27. The van der Waals surface area contributed by atoms with Gasteiger partial charge in [0.2, 0.25) is 0 Å². The first-order valence-electron chi connectivity index (χ1n) is 10.5. The van der Waals surface area contributed by atoms with Gasteiger partial charge in [-0.05, 0) is 54.1 Å². The van der Waals surface area contributed by atoms with Crippen molar-refractivity contribution in [1.82, 2.24) is 0 Å². The van der Waals surface area contributed by atoms with Crippen LogP contribution in [0.2, 0.25) is 0 Å². The van der Waals surface area contributed by atoms with E-state index in [9.17, 15) is 9.90 Å². The van der Waals surface area contributed by atoms with Crippen molar-refractivity contribution in [3.05, 3.63) is 47.8 Å². The number of fused-ring (bicyclic) bond motifs is 2. The second kappa shape index (κ2) is 6.91. The van der Waals surface area contributed by atoms with E-state index in [1.807, 2.05) is 24.3 Å². The van der Waals surface area contributed by atoms with E-state index in [0.29, 0.717) is 18.9 Å². The minimum Gasteiger partial charge on any atom is -0.493 e. The number of hydrogen-bond acceptors (Lipinski definition) is 4. The van der Waals surface area contributed by atoms with Gasteiger partial charge in [-0.3, -0.25) is 4.79 Å². The molecule has 0 radical (unpaired) electrons. The van der Waals surface area contributed by atoms with Crippen LogP contribution in [0.25, 0.3) is 0 Å². The summed E-state index contributed by atoms with van der Waals surface area (Å²) in [5.41, 5.74) is 2.27. The van der Waals surface area contributed by atoms with Crippen molar-refractivity contribution >= 4 is 5.97 Å². The van der Waals surface area contributed by atoms with E-state index in [4.69, 9.17) is 9.47 Å². The maximum absolute atomic E-state index is 11.6.